The van der Waals surface area contributed by atoms with Crippen molar-refractivity contribution in [2.45, 2.75) is 12.6 Å². The number of piperazine rings is 2. The van der Waals surface area contributed by atoms with Crippen molar-refractivity contribution in [3.8, 4) is 0 Å². The Morgan fingerprint density at radius 3 is 3.00 bits per heavy atom. The maximum Gasteiger partial charge on any atom is 0.241 e. The maximum absolute atomic E-state index is 12.4. The summed E-state index contributed by atoms with van der Waals surface area (Å²) in [5.41, 5.74) is 3.17. The minimum absolute atomic E-state index is 0.0141. The number of rotatable bonds is 2. The van der Waals surface area contributed by atoms with Crippen LogP contribution in [0.25, 0.3) is 11.0 Å². The molecule has 2 aromatic rings. The van der Waals surface area contributed by atoms with Gasteiger partial charge in [-0.3, -0.25) is 14.6 Å². The van der Waals surface area contributed by atoms with Crippen molar-refractivity contribution in [1.29, 1.82) is 0 Å². The summed E-state index contributed by atoms with van der Waals surface area (Å²) in [5, 5.41) is 0. The predicted molar refractivity (Wildman–Crippen MR) is 85.7 cm³/mol. The predicted octanol–water partition coefficient (Wildman–Crippen LogP) is 0.649. The van der Waals surface area contributed by atoms with Crippen molar-refractivity contribution in [2.24, 2.45) is 0 Å². The van der Waals surface area contributed by atoms with E-state index in [1.165, 1.54) is 17.3 Å². The molecule has 1 aromatic carbocycles. The second kappa shape index (κ2) is 5.57. The van der Waals surface area contributed by atoms with Gasteiger partial charge in [0.05, 0.1) is 11.7 Å². The molecule has 0 saturated carbocycles. The molecule has 1 atom stereocenters. The molecule has 1 amide bonds. The van der Waals surface area contributed by atoms with Crippen LogP contribution < -0.4 is 0 Å². The number of likely N-dealkylation sites (N-methyl/N-ethyl adjacent to an activating group) is 1. The number of hydrogen-bond acceptors (Lipinski definition) is 6. The fourth-order valence-corrected chi connectivity index (χ4v) is 3.96. The van der Waals surface area contributed by atoms with Crippen LogP contribution in [0.4, 0.5) is 0 Å². The molecule has 0 radical (unpaired) electrons. The maximum atomic E-state index is 12.4. The van der Waals surface area contributed by atoms with Gasteiger partial charge in [-0.15, -0.1) is 0 Å². The highest BCUT2D eigenvalue weighted by atomic mass is 32.1. The number of carbonyl (C=O) groups is 1. The van der Waals surface area contributed by atoms with Crippen molar-refractivity contribution in [1.82, 2.24) is 23.4 Å². The first kappa shape index (κ1) is 14.0. The van der Waals surface area contributed by atoms with E-state index in [0.29, 0.717) is 0 Å². The molecule has 2 saturated heterocycles. The van der Waals surface area contributed by atoms with E-state index in [2.05, 4.69) is 24.6 Å². The average Bonchev–Trinajstić information content (AvgIpc) is 3.01. The summed E-state index contributed by atoms with van der Waals surface area (Å²) in [7, 11) is 1.90. The Morgan fingerprint density at radius 1 is 1.23 bits per heavy atom. The summed E-state index contributed by atoms with van der Waals surface area (Å²) in [6.45, 7) is 5.45. The molecule has 6 nitrogen and oxygen atoms in total. The minimum atomic E-state index is 0.0141. The van der Waals surface area contributed by atoms with Crippen LogP contribution in [0.15, 0.2) is 18.2 Å². The van der Waals surface area contributed by atoms with Gasteiger partial charge in [0.15, 0.2) is 0 Å². The molecule has 0 N–H and O–H groups in total. The number of aromatic nitrogens is 2. The van der Waals surface area contributed by atoms with Gasteiger partial charge in [-0.25, -0.2) is 0 Å². The number of benzene rings is 1. The van der Waals surface area contributed by atoms with E-state index >= 15 is 0 Å². The number of amides is 1. The number of nitrogens with zero attached hydrogens (tertiary/aromatic N) is 5. The van der Waals surface area contributed by atoms with Crippen LogP contribution in [-0.2, 0) is 11.3 Å². The normalized spacial score (nSPS) is 24.0. The molecule has 3 heterocycles. The summed E-state index contributed by atoms with van der Waals surface area (Å²) in [5.74, 6) is 0.254. The van der Waals surface area contributed by atoms with Gasteiger partial charge in [-0.05, 0) is 11.6 Å². The zero-order valence-corrected chi connectivity index (χ0v) is 13.4. The Labute approximate surface area is 133 Å². The standard InChI is InChI=1S/C15H19N5OS/c1-18-5-7-20-8-6-19(10-13(20)15(18)21)9-11-3-2-4-12-14(11)17-22-16-12/h2-4,13H,5-10H2,1H3. The van der Waals surface area contributed by atoms with Crippen LogP contribution in [-0.4, -0.2) is 75.2 Å². The second-order valence-electron chi connectivity index (χ2n) is 6.10. The Bertz CT molecular complexity index is 702. The lowest BCUT2D eigenvalue weighted by Gasteiger charge is -2.45. The molecule has 0 spiro atoms. The molecular formula is C15H19N5OS. The molecule has 1 aromatic heterocycles. The average molecular weight is 317 g/mol. The van der Waals surface area contributed by atoms with E-state index in [-0.39, 0.29) is 11.9 Å². The summed E-state index contributed by atoms with van der Waals surface area (Å²) in [6.07, 6.45) is 0. The van der Waals surface area contributed by atoms with E-state index in [4.69, 9.17) is 0 Å². The Morgan fingerprint density at radius 2 is 2.09 bits per heavy atom. The largest absolute Gasteiger partial charge is 0.343 e. The van der Waals surface area contributed by atoms with E-state index in [1.807, 2.05) is 24.1 Å². The van der Waals surface area contributed by atoms with Crippen molar-refractivity contribution in [3.63, 3.8) is 0 Å². The van der Waals surface area contributed by atoms with Crippen molar-refractivity contribution >= 4 is 28.7 Å². The van der Waals surface area contributed by atoms with Crippen LogP contribution in [0.1, 0.15) is 5.56 Å². The zero-order valence-electron chi connectivity index (χ0n) is 12.6. The third kappa shape index (κ3) is 2.39. The summed E-state index contributed by atoms with van der Waals surface area (Å²) >= 11 is 1.26. The number of hydrogen-bond donors (Lipinski definition) is 0. The Kier molecular flexibility index (Phi) is 3.56. The van der Waals surface area contributed by atoms with Crippen molar-refractivity contribution in [2.75, 3.05) is 39.8 Å². The van der Waals surface area contributed by atoms with Gasteiger partial charge in [-0.2, -0.15) is 8.75 Å². The van der Waals surface area contributed by atoms with Gasteiger partial charge >= 0.3 is 0 Å². The monoisotopic (exact) mass is 317 g/mol. The Hall–Kier alpha value is -1.57. The molecule has 2 aliphatic heterocycles. The molecule has 7 heteroatoms. The second-order valence-corrected chi connectivity index (χ2v) is 6.62. The molecule has 4 rings (SSSR count). The van der Waals surface area contributed by atoms with E-state index in [0.717, 1.165) is 50.3 Å². The Balaban J connectivity index is 1.52. The molecule has 2 fully saturated rings. The smallest absolute Gasteiger partial charge is 0.241 e. The topological polar surface area (TPSA) is 52.6 Å². The molecule has 1 unspecified atom stereocenters. The number of carbonyl (C=O) groups excluding carboxylic acids is 1. The third-order valence-electron chi connectivity index (χ3n) is 4.72. The summed E-state index contributed by atoms with van der Waals surface area (Å²) in [6, 6.07) is 6.17. The molecule has 116 valence electrons. The van der Waals surface area contributed by atoms with E-state index < -0.39 is 0 Å². The van der Waals surface area contributed by atoms with Crippen LogP contribution in [0, 0.1) is 0 Å². The fraction of sp³-hybridized carbons (Fsp3) is 0.533. The van der Waals surface area contributed by atoms with Crippen LogP contribution in [0.3, 0.4) is 0 Å². The van der Waals surface area contributed by atoms with Crippen LogP contribution in [0.5, 0.6) is 0 Å². The summed E-state index contributed by atoms with van der Waals surface area (Å²) < 4.78 is 8.71. The molecule has 22 heavy (non-hydrogen) atoms. The van der Waals surface area contributed by atoms with Gasteiger partial charge in [0.25, 0.3) is 0 Å². The van der Waals surface area contributed by atoms with Gasteiger partial charge in [0.2, 0.25) is 5.91 Å². The van der Waals surface area contributed by atoms with Crippen molar-refractivity contribution in [3.05, 3.63) is 23.8 Å². The summed E-state index contributed by atoms with van der Waals surface area (Å²) in [4.78, 5) is 18.9. The third-order valence-corrected chi connectivity index (χ3v) is 5.27. The quantitative estimate of drug-likeness (QED) is 0.814. The highest BCUT2D eigenvalue weighted by Crippen LogP contribution is 2.21. The highest BCUT2D eigenvalue weighted by molar-refractivity contribution is 7.00. The van der Waals surface area contributed by atoms with Gasteiger partial charge < -0.3 is 4.90 Å². The lowest BCUT2D eigenvalue weighted by molar-refractivity contribution is -0.143. The fourth-order valence-electron chi connectivity index (χ4n) is 3.40. The molecule has 0 aliphatic carbocycles. The molecular weight excluding hydrogens is 298 g/mol. The van der Waals surface area contributed by atoms with E-state index in [9.17, 15) is 4.79 Å². The van der Waals surface area contributed by atoms with E-state index in [1.54, 1.807) is 0 Å². The van der Waals surface area contributed by atoms with Crippen LogP contribution in [0.2, 0.25) is 0 Å². The van der Waals surface area contributed by atoms with Gasteiger partial charge in [0.1, 0.15) is 17.1 Å². The first-order valence-corrected chi connectivity index (χ1v) is 8.37. The lowest BCUT2D eigenvalue weighted by Crippen LogP contribution is -2.63. The van der Waals surface area contributed by atoms with Crippen molar-refractivity contribution < 1.29 is 4.79 Å². The lowest BCUT2D eigenvalue weighted by atomic mass is 10.1. The highest BCUT2D eigenvalue weighted by Gasteiger charge is 2.37. The SMILES string of the molecule is CN1CCN2CCN(Cc3cccc4nsnc34)CC2C1=O. The van der Waals surface area contributed by atoms with Crippen LogP contribution >= 0.6 is 11.7 Å². The zero-order chi connectivity index (χ0) is 15.1. The first-order chi connectivity index (χ1) is 10.7. The number of fused-ring (bicyclic) bond motifs is 2. The molecule has 2 aliphatic rings. The molecule has 0 bridgehead atoms. The van der Waals surface area contributed by atoms with Gasteiger partial charge in [0, 0.05) is 46.3 Å². The minimum Gasteiger partial charge on any atom is -0.343 e. The first-order valence-electron chi connectivity index (χ1n) is 7.64. The van der Waals surface area contributed by atoms with Gasteiger partial charge in [-0.1, -0.05) is 12.1 Å².